The largest absolute Gasteiger partial charge is 0.376 e. The Balaban J connectivity index is 3.01. The maximum atomic E-state index is 14.0. The Morgan fingerprint density at radius 2 is 2.11 bits per heavy atom. The molecule has 1 aromatic rings. The zero-order valence-corrected chi connectivity index (χ0v) is 12.3. The first-order valence-electron chi connectivity index (χ1n) is 7.06. The number of nitrogens with zero attached hydrogens (tertiary/aromatic N) is 1. The van der Waals surface area contributed by atoms with Gasteiger partial charge in [-0.05, 0) is 31.9 Å². The molecule has 0 saturated carbocycles. The van der Waals surface area contributed by atoms with Gasteiger partial charge in [-0.25, -0.2) is 4.39 Å². The summed E-state index contributed by atoms with van der Waals surface area (Å²) in [5, 5.41) is 3.40. The SMILES string of the molecule is CCCNC(c1ccncc1F)C(OCC)C(C)C. The second-order valence-corrected chi connectivity index (χ2v) is 4.99. The van der Waals surface area contributed by atoms with Crippen LogP contribution < -0.4 is 5.32 Å². The van der Waals surface area contributed by atoms with E-state index in [4.69, 9.17) is 4.74 Å². The summed E-state index contributed by atoms with van der Waals surface area (Å²) < 4.78 is 19.8. The molecule has 1 heterocycles. The van der Waals surface area contributed by atoms with Crippen LogP contribution in [0.3, 0.4) is 0 Å². The van der Waals surface area contributed by atoms with Crippen molar-refractivity contribution in [1.29, 1.82) is 0 Å². The molecule has 19 heavy (non-hydrogen) atoms. The van der Waals surface area contributed by atoms with Gasteiger partial charge in [0, 0.05) is 18.4 Å². The molecule has 0 spiro atoms. The highest BCUT2D eigenvalue weighted by Crippen LogP contribution is 2.26. The van der Waals surface area contributed by atoms with Crippen molar-refractivity contribution in [2.75, 3.05) is 13.2 Å². The molecule has 4 heteroatoms. The number of aromatic nitrogens is 1. The minimum Gasteiger partial charge on any atom is -0.376 e. The van der Waals surface area contributed by atoms with Gasteiger partial charge < -0.3 is 10.1 Å². The number of ether oxygens (including phenoxy) is 1. The molecule has 0 aliphatic rings. The molecular weight excluding hydrogens is 243 g/mol. The standard InChI is InChI=1S/C15H25FN2O/c1-5-8-18-14(15(11(3)4)19-6-2)12-7-9-17-10-13(12)16/h7,9-11,14-15,18H,5-6,8H2,1-4H3. The Kier molecular flexibility index (Phi) is 6.95. The van der Waals surface area contributed by atoms with Gasteiger partial charge in [0.15, 0.2) is 0 Å². The van der Waals surface area contributed by atoms with Crippen molar-refractivity contribution in [1.82, 2.24) is 10.3 Å². The molecule has 0 aliphatic carbocycles. The van der Waals surface area contributed by atoms with E-state index in [1.54, 1.807) is 12.3 Å². The average Bonchev–Trinajstić information content (AvgIpc) is 2.39. The van der Waals surface area contributed by atoms with E-state index in [1.165, 1.54) is 6.20 Å². The lowest BCUT2D eigenvalue weighted by Gasteiger charge is -2.31. The van der Waals surface area contributed by atoms with Crippen molar-refractivity contribution in [2.45, 2.75) is 46.3 Å². The molecule has 0 aromatic carbocycles. The summed E-state index contributed by atoms with van der Waals surface area (Å²) in [4.78, 5) is 3.81. The molecule has 2 unspecified atom stereocenters. The number of hydrogen-bond acceptors (Lipinski definition) is 3. The van der Waals surface area contributed by atoms with Crippen molar-refractivity contribution in [3.63, 3.8) is 0 Å². The van der Waals surface area contributed by atoms with Gasteiger partial charge in [0.05, 0.1) is 18.3 Å². The Morgan fingerprint density at radius 1 is 1.37 bits per heavy atom. The summed E-state index contributed by atoms with van der Waals surface area (Å²) >= 11 is 0. The molecule has 1 N–H and O–H groups in total. The van der Waals surface area contributed by atoms with Crippen LogP contribution in [0.4, 0.5) is 4.39 Å². The molecule has 2 atom stereocenters. The van der Waals surface area contributed by atoms with Crippen LogP contribution in [0, 0.1) is 11.7 Å². The van der Waals surface area contributed by atoms with Gasteiger partial charge in [0.2, 0.25) is 0 Å². The van der Waals surface area contributed by atoms with Gasteiger partial charge in [-0.2, -0.15) is 0 Å². The molecular formula is C15H25FN2O. The summed E-state index contributed by atoms with van der Waals surface area (Å²) in [6, 6.07) is 1.60. The summed E-state index contributed by atoms with van der Waals surface area (Å²) in [5.74, 6) is 0.0309. The molecule has 0 amide bonds. The van der Waals surface area contributed by atoms with Crippen LogP contribution >= 0.6 is 0 Å². The highest BCUT2D eigenvalue weighted by atomic mass is 19.1. The van der Waals surface area contributed by atoms with E-state index < -0.39 is 0 Å². The smallest absolute Gasteiger partial charge is 0.146 e. The first-order chi connectivity index (χ1) is 9.11. The normalized spacial score (nSPS) is 14.6. The summed E-state index contributed by atoms with van der Waals surface area (Å²) in [5.41, 5.74) is 0.635. The molecule has 0 aliphatic heterocycles. The maximum Gasteiger partial charge on any atom is 0.146 e. The zero-order chi connectivity index (χ0) is 14.3. The molecule has 1 aromatic heterocycles. The third kappa shape index (κ3) is 4.55. The van der Waals surface area contributed by atoms with E-state index in [0.29, 0.717) is 18.1 Å². The van der Waals surface area contributed by atoms with E-state index in [-0.39, 0.29) is 18.0 Å². The fraction of sp³-hybridized carbons (Fsp3) is 0.667. The Hall–Kier alpha value is -1.00. The quantitative estimate of drug-likeness (QED) is 0.785. The molecule has 1 rings (SSSR count). The van der Waals surface area contributed by atoms with Crippen LogP contribution in [0.15, 0.2) is 18.5 Å². The van der Waals surface area contributed by atoms with Crippen molar-refractivity contribution < 1.29 is 9.13 Å². The molecule has 0 fully saturated rings. The van der Waals surface area contributed by atoms with Crippen LogP contribution in [0.25, 0.3) is 0 Å². The molecule has 0 radical (unpaired) electrons. The Bertz CT molecular complexity index is 371. The zero-order valence-electron chi connectivity index (χ0n) is 12.3. The number of nitrogens with one attached hydrogen (secondary N) is 1. The van der Waals surface area contributed by atoms with E-state index in [1.807, 2.05) is 6.92 Å². The number of halogens is 1. The predicted molar refractivity (Wildman–Crippen MR) is 75.5 cm³/mol. The van der Waals surface area contributed by atoms with Crippen LogP contribution in [0.2, 0.25) is 0 Å². The van der Waals surface area contributed by atoms with E-state index in [0.717, 1.165) is 13.0 Å². The third-order valence-electron chi connectivity index (χ3n) is 3.10. The van der Waals surface area contributed by atoms with Crippen molar-refractivity contribution in [3.8, 4) is 0 Å². The van der Waals surface area contributed by atoms with Crippen LogP contribution in [0.5, 0.6) is 0 Å². The second kappa shape index (κ2) is 8.23. The first kappa shape index (κ1) is 16.1. The van der Waals surface area contributed by atoms with Gasteiger partial charge in [0.1, 0.15) is 5.82 Å². The van der Waals surface area contributed by atoms with Gasteiger partial charge in [-0.3, -0.25) is 4.98 Å². The molecule has 0 saturated heterocycles. The summed E-state index contributed by atoms with van der Waals surface area (Å²) in [7, 11) is 0. The molecule has 0 bridgehead atoms. The molecule has 108 valence electrons. The van der Waals surface area contributed by atoms with Crippen LogP contribution in [-0.2, 0) is 4.74 Å². The highest BCUT2D eigenvalue weighted by molar-refractivity contribution is 5.19. The van der Waals surface area contributed by atoms with Gasteiger partial charge in [-0.1, -0.05) is 20.8 Å². The minimum atomic E-state index is -0.276. The van der Waals surface area contributed by atoms with Gasteiger partial charge >= 0.3 is 0 Å². The second-order valence-electron chi connectivity index (χ2n) is 4.99. The number of rotatable bonds is 8. The fourth-order valence-corrected chi connectivity index (χ4v) is 2.21. The monoisotopic (exact) mass is 268 g/mol. The van der Waals surface area contributed by atoms with Crippen LogP contribution in [-0.4, -0.2) is 24.2 Å². The van der Waals surface area contributed by atoms with Crippen molar-refractivity contribution in [2.24, 2.45) is 5.92 Å². The van der Waals surface area contributed by atoms with Crippen LogP contribution in [0.1, 0.15) is 45.7 Å². The number of hydrogen-bond donors (Lipinski definition) is 1. The average molecular weight is 268 g/mol. The van der Waals surface area contributed by atoms with E-state index in [9.17, 15) is 4.39 Å². The highest BCUT2D eigenvalue weighted by Gasteiger charge is 2.28. The number of pyridine rings is 1. The fourth-order valence-electron chi connectivity index (χ4n) is 2.21. The lowest BCUT2D eigenvalue weighted by molar-refractivity contribution is 0.00200. The topological polar surface area (TPSA) is 34.2 Å². The van der Waals surface area contributed by atoms with E-state index in [2.05, 4.69) is 31.1 Å². The Morgan fingerprint density at radius 3 is 2.63 bits per heavy atom. The Labute approximate surface area is 115 Å². The lowest BCUT2D eigenvalue weighted by Crippen LogP contribution is -2.38. The summed E-state index contributed by atoms with van der Waals surface area (Å²) in [6.07, 6.45) is 3.84. The molecule has 3 nitrogen and oxygen atoms in total. The van der Waals surface area contributed by atoms with E-state index >= 15 is 0 Å². The minimum absolute atomic E-state index is 0.0477. The third-order valence-corrected chi connectivity index (χ3v) is 3.10. The lowest BCUT2D eigenvalue weighted by atomic mass is 9.93. The summed E-state index contributed by atoms with van der Waals surface area (Å²) in [6.45, 7) is 9.72. The first-order valence-corrected chi connectivity index (χ1v) is 7.06. The maximum absolute atomic E-state index is 14.0. The predicted octanol–water partition coefficient (Wildman–Crippen LogP) is 3.32. The van der Waals surface area contributed by atoms with Crippen molar-refractivity contribution >= 4 is 0 Å². The van der Waals surface area contributed by atoms with Gasteiger partial charge in [0.25, 0.3) is 0 Å². The van der Waals surface area contributed by atoms with Gasteiger partial charge in [-0.15, -0.1) is 0 Å². The van der Waals surface area contributed by atoms with Crippen molar-refractivity contribution in [3.05, 3.63) is 29.8 Å².